The number of hydrogen-bond donors (Lipinski definition) is 3. The van der Waals surface area contributed by atoms with Crippen LogP contribution in [0.1, 0.15) is 22.8 Å². The molecule has 0 saturated carbocycles. The smallest absolute Gasteiger partial charge is 0.389 e. The van der Waals surface area contributed by atoms with Crippen molar-refractivity contribution in [3.63, 3.8) is 0 Å². The van der Waals surface area contributed by atoms with E-state index >= 15 is 0 Å². The monoisotopic (exact) mass is 468 g/mol. The second-order valence-corrected chi connectivity index (χ2v) is 7.25. The first-order valence-electron chi connectivity index (χ1n) is 9.24. The van der Waals surface area contributed by atoms with Gasteiger partial charge in [-0.2, -0.15) is 13.2 Å². The number of pyridine rings is 2. The highest BCUT2D eigenvalue weighted by Gasteiger charge is 2.35. The van der Waals surface area contributed by atoms with Crippen molar-refractivity contribution in [3.8, 4) is 11.3 Å². The van der Waals surface area contributed by atoms with Crippen molar-refractivity contribution in [3.05, 3.63) is 77.0 Å². The van der Waals surface area contributed by atoms with Crippen LogP contribution >= 0.6 is 11.6 Å². The van der Waals surface area contributed by atoms with Crippen molar-refractivity contribution in [1.29, 1.82) is 0 Å². The normalized spacial score (nSPS) is 13.3. The third kappa shape index (κ3) is 5.51. The molecule has 2 heterocycles. The number of aliphatic hydroxyl groups is 1. The number of aliphatic hydroxyl groups excluding tert-OH is 1. The summed E-state index contributed by atoms with van der Waals surface area (Å²) in [5, 5.41) is 15.1. The third-order valence-electron chi connectivity index (χ3n) is 4.42. The first-order chi connectivity index (χ1) is 15.1. The van der Waals surface area contributed by atoms with Gasteiger partial charge in [0.2, 0.25) is 0 Å². The van der Waals surface area contributed by atoms with E-state index in [-0.39, 0.29) is 21.8 Å². The number of benzene rings is 1. The summed E-state index contributed by atoms with van der Waals surface area (Å²) in [5.41, 5.74) is -1.76. The van der Waals surface area contributed by atoms with Crippen molar-refractivity contribution in [2.75, 3.05) is 5.32 Å². The summed E-state index contributed by atoms with van der Waals surface area (Å²) in [6.45, 7) is 1.28. The molecule has 6 nitrogen and oxygen atoms in total. The Bertz CT molecular complexity index is 1110. The van der Waals surface area contributed by atoms with E-state index in [4.69, 9.17) is 11.6 Å². The summed E-state index contributed by atoms with van der Waals surface area (Å²) in [6, 6.07) is 7.53. The predicted octanol–water partition coefficient (Wildman–Crippen LogP) is 4.50. The fourth-order valence-corrected chi connectivity index (χ4v) is 2.98. The topological polar surface area (TPSA) is 87.1 Å². The first kappa shape index (κ1) is 23.4. The molecule has 3 N–H and O–H groups in total. The minimum atomic E-state index is -4.81. The zero-order valence-electron chi connectivity index (χ0n) is 16.5. The highest BCUT2D eigenvalue weighted by molar-refractivity contribution is 6.30. The van der Waals surface area contributed by atoms with Crippen molar-refractivity contribution in [2.24, 2.45) is 0 Å². The summed E-state index contributed by atoms with van der Waals surface area (Å²) in [6.07, 6.45) is -4.16. The van der Waals surface area contributed by atoms with E-state index in [1.54, 1.807) is 0 Å². The highest BCUT2D eigenvalue weighted by atomic mass is 35.5. The number of nitrogens with one attached hydrogen (secondary N) is 2. The van der Waals surface area contributed by atoms with E-state index < -0.39 is 41.4 Å². The molecule has 0 fully saturated rings. The van der Waals surface area contributed by atoms with Crippen LogP contribution in [0.2, 0.25) is 5.02 Å². The Hall–Kier alpha value is -3.24. The lowest BCUT2D eigenvalue weighted by Crippen LogP contribution is -2.47. The molecule has 1 aromatic carbocycles. The zero-order chi connectivity index (χ0) is 23.5. The molecule has 0 radical (unpaired) electrons. The average Bonchev–Trinajstić information content (AvgIpc) is 2.74. The van der Waals surface area contributed by atoms with Gasteiger partial charge in [-0.25, -0.2) is 4.39 Å². The van der Waals surface area contributed by atoms with E-state index in [1.165, 1.54) is 43.6 Å². The molecule has 0 bridgehead atoms. The SMILES string of the molecule is C[C@H](O)C(NC(=O)c1cccnc1)Nc1cc(-c2cc(Cl)ccc2F)ncc1C(F)(F)F. The van der Waals surface area contributed by atoms with Gasteiger partial charge in [0.25, 0.3) is 5.91 Å². The van der Waals surface area contributed by atoms with Crippen LogP contribution in [0.4, 0.5) is 23.2 Å². The fourth-order valence-electron chi connectivity index (χ4n) is 2.81. The van der Waals surface area contributed by atoms with Crippen LogP contribution in [-0.4, -0.2) is 33.3 Å². The van der Waals surface area contributed by atoms with Gasteiger partial charge in [-0.3, -0.25) is 14.8 Å². The number of anilines is 1. The number of amides is 1. The van der Waals surface area contributed by atoms with E-state index in [1.807, 2.05) is 0 Å². The number of carbonyl (C=O) groups is 1. The standard InChI is InChI=1S/C21H17ClF4N4O2/c1-11(31)19(30-20(32)12-3-2-6-27-9-12)29-18-8-17(28-10-15(18)21(24,25)26)14-7-13(22)4-5-16(14)23/h2-11,19,31H,1H3,(H,28,29)(H,30,32)/t11-,19?/m0/s1. The highest BCUT2D eigenvalue weighted by Crippen LogP contribution is 2.37. The van der Waals surface area contributed by atoms with Crippen molar-refractivity contribution < 1.29 is 27.5 Å². The van der Waals surface area contributed by atoms with Gasteiger partial charge in [-0.15, -0.1) is 0 Å². The molecular weight excluding hydrogens is 452 g/mol. The minimum absolute atomic E-state index is 0.109. The molecule has 11 heteroatoms. The second-order valence-electron chi connectivity index (χ2n) is 6.81. The summed E-state index contributed by atoms with van der Waals surface area (Å²) in [5.74, 6) is -1.40. The zero-order valence-corrected chi connectivity index (χ0v) is 17.2. The summed E-state index contributed by atoms with van der Waals surface area (Å²) in [4.78, 5) is 19.9. The number of alkyl halides is 3. The van der Waals surface area contributed by atoms with Gasteiger partial charge in [-0.1, -0.05) is 11.6 Å². The largest absolute Gasteiger partial charge is 0.419 e. The number of hydrogen-bond acceptors (Lipinski definition) is 5. The Morgan fingerprint density at radius 3 is 2.56 bits per heavy atom. The van der Waals surface area contributed by atoms with E-state index in [0.29, 0.717) is 6.20 Å². The maximum absolute atomic E-state index is 14.2. The van der Waals surface area contributed by atoms with E-state index in [9.17, 15) is 27.5 Å². The number of rotatable bonds is 6. The van der Waals surface area contributed by atoms with Crippen LogP contribution < -0.4 is 10.6 Å². The Balaban J connectivity index is 1.99. The molecule has 0 aliphatic rings. The van der Waals surface area contributed by atoms with Crippen LogP contribution in [-0.2, 0) is 6.18 Å². The Morgan fingerprint density at radius 1 is 1.19 bits per heavy atom. The van der Waals surface area contributed by atoms with Crippen LogP contribution in [0.25, 0.3) is 11.3 Å². The van der Waals surface area contributed by atoms with Gasteiger partial charge in [0.15, 0.2) is 0 Å². The van der Waals surface area contributed by atoms with Gasteiger partial charge in [0, 0.05) is 29.2 Å². The average molecular weight is 469 g/mol. The summed E-state index contributed by atoms with van der Waals surface area (Å²) >= 11 is 5.88. The van der Waals surface area contributed by atoms with E-state index in [0.717, 1.165) is 12.1 Å². The lowest BCUT2D eigenvalue weighted by atomic mass is 10.1. The van der Waals surface area contributed by atoms with Crippen LogP contribution in [0.5, 0.6) is 0 Å². The van der Waals surface area contributed by atoms with Gasteiger partial charge < -0.3 is 15.7 Å². The molecule has 0 saturated heterocycles. The van der Waals surface area contributed by atoms with Crippen molar-refractivity contribution in [2.45, 2.75) is 25.4 Å². The Labute approximate surface area is 185 Å². The summed E-state index contributed by atoms with van der Waals surface area (Å²) in [7, 11) is 0. The van der Waals surface area contributed by atoms with Crippen molar-refractivity contribution >= 4 is 23.2 Å². The number of nitrogens with zero attached hydrogens (tertiary/aromatic N) is 2. The predicted molar refractivity (Wildman–Crippen MR) is 110 cm³/mol. The third-order valence-corrected chi connectivity index (χ3v) is 4.65. The molecule has 32 heavy (non-hydrogen) atoms. The number of carbonyl (C=O) groups excluding carboxylic acids is 1. The van der Waals surface area contributed by atoms with Crippen LogP contribution in [0.3, 0.4) is 0 Å². The summed E-state index contributed by atoms with van der Waals surface area (Å²) < 4.78 is 54.9. The molecule has 2 aromatic heterocycles. The Morgan fingerprint density at radius 2 is 1.94 bits per heavy atom. The lowest BCUT2D eigenvalue weighted by molar-refractivity contribution is -0.137. The quantitative estimate of drug-likeness (QED) is 0.366. The van der Waals surface area contributed by atoms with E-state index in [2.05, 4.69) is 20.6 Å². The maximum Gasteiger partial charge on any atom is 0.419 e. The fraction of sp³-hybridized carbons (Fsp3) is 0.190. The van der Waals surface area contributed by atoms with Gasteiger partial charge >= 0.3 is 6.18 Å². The van der Waals surface area contributed by atoms with Gasteiger partial charge in [0.05, 0.1) is 28.6 Å². The minimum Gasteiger partial charge on any atom is -0.389 e. The number of aromatic nitrogens is 2. The van der Waals surface area contributed by atoms with Crippen molar-refractivity contribution in [1.82, 2.24) is 15.3 Å². The molecule has 1 unspecified atom stereocenters. The molecule has 1 amide bonds. The molecule has 168 valence electrons. The van der Waals surface area contributed by atoms with Crippen LogP contribution in [0.15, 0.2) is 55.0 Å². The molecule has 0 aliphatic carbocycles. The van der Waals surface area contributed by atoms with Crippen LogP contribution in [0, 0.1) is 5.82 Å². The molecule has 0 spiro atoms. The van der Waals surface area contributed by atoms with Gasteiger partial charge in [0.1, 0.15) is 12.0 Å². The molecular formula is C21H17ClF4N4O2. The first-order valence-corrected chi connectivity index (χ1v) is 9.62. The lowest BCUT2D eigenvalue weighted by Gasteiger charge is -2.26. The Kier molecular flexibility index (Phi) is 6.95. The molecule has 3 aromatic rings. The molecule has 2 atom stereocenters. The molecule has 3 rings (SSSR count). The number of halogens is 5. The maximum atomic E-state index is 14.2. The second kappa shape index (κ2) is 9.49. The van der Waals surface area contributed by atoms with Gasteiger partial charge in [-0.05, 0) is 43.3 Å². The molecule has 0 aliphatic heterocycles.